The third-order valence-electron chi connectivity index (χ3n) is 2.95. The number of rotatable bonds is 5. The fraction of sp³-hybridized carbons (Fsp3) is 0.417. The molecule has 19 heavy (non-hydrogen) atoms. The van der Waals surface area contributed by atoms with Crippen molar-refractivity contribution in [2.75, 3.05) is 12.3 Å². The van der Waals surface area contributed by atoms with Crippen molar-refractivity contribution in [1.82, 2.24) is 4.72 Å². The van der Waals surface area contributed by atoms with E-state index in [1.165, 1.54) is 6.07 Å². The maximum atomic E-state index is 12.2. The van der Waals surface area contributed by atoms with Crippen molar-refractivity contribution in [2.45, 2.75) is 23.0 Å². The van der Waals surface area contributed by atoms with E-state index in [0.717, 1.165) is 18.6 Å². The second-order valence-electron chi connectivity index (χ2n) is 4.38. The zero-order valence-corrected chi connectivity index (χ0v) is 12.8. The SMILES string of the molecule is NC(=S)c1cccc(S(=O)(=O)NCC2CCCS2)c1. The van der Waals surface area contributed by atoms with Crippen molar-refractivity contribution >= 4 is 39.0 Å². The van der Waals surface area contributed by atoms with E-state index in [4.69, 9.17) is 18.0 Å². The molecule has 1 aromatic rings. The quantitative estimate of drug-likeness (QED) is 0.805. The van der Waals surface area contributed by atoms with Crippen molar-refractivity contribution in [3.05, 3.63) is 29.8 Å². The smallest absolute Gasteiger partial charge is 0.240 e. The predicted octanol–water partition coefficient (Wildman–Crippen LogP) is 1.49. The molecule has 7 heteroatoms. The van der Waals surface area contributed by atoms with Crippen LogP contribution in [0.4, 0.5) is 0 Å². The van der Waals surface area contributed by atoms with E-state index in [-0.39, 0.29) is 9.88 Å². The Morgan fingerprint density at radius 1 is 1.53 bits per heavy atom. The summed E-state index contributed by atoms with van der Waals surface area (Å²) in [6, 6.07) is 6.40. The van der Waals surface area contributed by atoms with Gasteiger partial charge in [-0.1, -0.05) is 24.4 Å². The summed E-state index contributed by atoms with van der Waals surface area (Å²) in [5.41, 5.74) is 6.08. The Morgan fingerprint density at radius 2 is 2.32 bits per heavy atom. The summed E-state index contributed by atoms with van der Waals surface area (Å²) < 4.78 is 27.0. The molecule has 1 unspecified atom stereocenters. The van der Waals surface area contributed by atoms with Crippen LogP contribution in [-0.2, 0) is 10.0 Å². The molecule has 104 valence electrons. The molecule has 1 aliphatic rings. The van der Waals surface area contributed by atoms with Crippen molar-refractivity contribution < 1.29 is 8.42 Å². The number of hydrogen-bond donors (Lipinski definition) is 2. The molecule has 0 spiro atoms. The molecule has 0 radical (unpaired) electrons. The number of hydrogen-bond acceptors (Lipinski definition) is 4. The summed E-state index contributed by atoms with van der Waals surface area (Å²) in [7, 11) is -3.48. The number of nitrogens with one attached hydrogen (secondary N) is 1. The molecule has 0 amide bonds. The van der Waals surface area contributed by atoms with Crippen LogP contribution in [0.5, 0.6) is 0 Å². The molecule has 1 fully saturated rings. The minimum absolute atomic E-state index is 0.198. The predicted molar refractivity (Wildman–Crippen MR) is 83.0 cm³/mol. The second kappa shape index (κ2) is 6.21. The standard InChI is InChI=1S/C12H16N2O2S3/c13-12(17)9-3-1-5-11(7-9)19(15,16)14-8-10-4-2-6-18-10/h1,3,5,7,10,14H,2,4,6,8H2,(H2,13,17). The van der Waals surface area contributed by atoms with Crippen molar-refractivity contribution in [3.8, 4) is 0 Å². The molecule has 1 heterocycles. The average Bonchev–Trinajstić information content (AvgIpc) is 2.90. The van der Waals surface area contributed by atoms with Crippen LogP contribution in [0, 0.1) is 0 Å². The fourth-order valence-electron chi connectivity index (χ4n) is 1.91. The van der Waals surface area contributed by atoms with Gasteiger partial charge >= 0.3 is 0 Å². The highest BCUT2D eigenvalue weighted by molar-refractivity contribution is 8.00. The van der Waals surface area contributed by atoms with Gasteiger partial charge in [-0.2, -0.15) is 11.8 Å². The maximum absolute atomic E-state index is 12.2. The monoisotopic (exact) mass is 316 g/mol. The largest absolute Gasteiger partial charge is 0.389 e. The lowest BCUT2D eigenvalue weighted by Crippen LogP contribution is -2.30. The molecule has 0 aliphatic carbocycles. The Balaban J connectivity index is 2.09. The fourth-order valence-corrected chi connectivity index (χ4v) is 4.47. The van der Waals surface area contributed by atoms with Crippen molar-refractivity contribution in [1.29, 1.82) is 0 Å². The van der Waals surface area contributed by atoms with Crippen LogP contribution in [0.25, 0.3) is 0 Å². The van der Waals surface area contributed by atoms with Gasteiger partial charge in [-0.3, -0.25) is 0 Å². The molecule has 1 aromatic carbocycles. The molecule has 0 saturated carbocycles. The second-order valence-corrected chi connectivity index (χ2v) is 7.99. The molecule has 1 atom stereocenters. The van der Waals surface area contributed by atoms with Crippen LogP contribution in [0.1, 0.15) is 18.4 Å². The molecule has 1 saturated heterocycles. The zero-order valence-electron chi connectivity index (χ0n) is 10.3. The average molecular weight is 316 g/mol. The summed E-state index contributed by atoms with van der Waals surface area (Å²) in [5.74, 6) is 1.11. The van der Waals surface area contributed by atoms with Gasteiger partial charge in [-0.05, 0) is 30.7 Å². The third kappa shape index (κ3) is 3.92. The zero-order chi connectivity index (χ0) is 13.9. The van der Waals surface area contributed by atoms with Crippen molar-refractivity contribution in [3.63, 3.8) is 0 Å². The Kier molecular flexibility index (Phi) is 4.83. The first-order chi connectivity index (χ1) is 8.99. The summed E-state index contributed by atoms with van der Waals surface area (Å²) >= 11 is 6.67. The van der Waals surface area contributed by atoms with Crippen LogP contribution < -0.4 is 10.5 Å². The van der Waals surface area contributed by atoms with E-state index in [2.05, 4.69) is 4.72 Å². The Hall–Kier alpha value is -0.630. The number of thioether (sulfide) groups is 1. The van der Waals surface area contributed by atoms with E-state index in [1.807, 2.05) is 11.8 Å². The molecule has 4 nitrogen and oxygen atoms in total. The van der Waals surface area contributed by atoms with E-state index in [9.17, 15) is 8.42 Å². The lowest BCUT2D eigenvalue weighted by atomic mass is 10.2. The lowest BCUT2D eigenvalue weighted by Gasteiger charge is -2.11. The van der Waals surface area contributed by atoms with Gasteiger partial charge < -0.3 is 5.73 Å². The first kappa shape index (κ1) is 14.8. The van der Waals surface area contributed by atoms with Crippen LogP contribution >= 0.6 is 24.0 Å². The summed E-state index contributed by atoms with van der Waals surface area (Å²) in [5, 5.41) is 0.383. The van der Waals surface area contributed by atoms with Gasteiger partial charge in [-0.25, -0.2) is 13.1 Å². The normalized spacial score (nSPS) is 19.5. The van der Waals surface area contributed by atoms with Gasteiger partial charge in [-0.15, -0.1) is 0 Å². The van der Waals surface area contributed by atoms with E-state index in [1.54, 1.807) is 18.2 Å². The number of sulfonamides is 1. The van der Waals surface area contributed by atoms with Crippen molar-refractivity contribution in [2.24, 2.45) is 5.73 Å². The number of thiocarbonyl (C=S) groups is 1. The molecule has 3 N–H and O–H groups in total. The van der Waals surface area contributed by atoms with E-state index >= 15 is 0 Å². The first-order valence-corrected chi connectivity index (χ1v) is 8.94. The maximum Gasteiger partial charge on any atom is 0.240 e. The van der Waals surface area contributed by atoms with Gasteiger partial charge in [0.05, 0.1) is 4.90 Å². The summed E-state index contributed by atoms with van der Waals surface area (Å²) in [6.07, 6.45) is 2.23. The first-order valence-electron chi connectivity index (χ1n) is 6.00. The highest BCUT2D eigenvalue weighted by Gasteiger charge is 2.20. The van der Waals surface area contributed by atoms with Crippen LogP contribution in [0.3, 0.4) is 0 Å². The van der Waals surface area contributed by atoms with E-state index in [0.29, 0.717) is 17.4 Å². The Morgan fingerprint density at radius 3 is 2.95 bits per heavy atom. The molecule has 1 aliphatic heterocycles. The van der Waals surface area contributed by atoms with Crippen LogP contribution in [0.15, 0.2) is 29.2 Å². The van der Waals surface area contributed by atoms with Crippen LogP contribution in [-0.4, -0.2) is 31.0 Å². The number of benzene rings is 1. The van der Waals surface area contributed by atoms with Gasteiger partial charge in [0.15, 0.2) is 0 Å². The van der Waals surface area contributed by atoms with Crippen LogP contribution in [0.2, 0.25) is 0 Å². The molecule has 0 aromatic heterocycles. The van der Waals surface area contributed by atoms with Gasteiger partial charge in [0, 0.05) is 17.4 Å². The summed E-state index contributed by atoms with van der Waals surface area (Å²) in [4.78, 5) is 0.407. The molecule has 0 bridgehead atoms. The lowest BCUT2D eigenvalue weighted by molar-refractivity contribution is 0.579. The Bertz CT molecular complexity index is 566. The summed E-state index contributed by atoms with van der Waals surface area (Å²) in [6.45, 7) is 0.476. The minimum Gasteiger partial charge on any atom is -0.389 e. The minimum atomic E-state index is -3.48. The van der Waals surface area contributed by atoms with Gasteiger partial charge in [0.1, 0.15) is 4.99 Å². The molecular formula is C12H16N2O2S3. The van der Waals surface area contributed by atoms with E-state index < -0.39 is 10.0 Å². The number of nitrogens with two attached hydrogens (primary N) is 1. The van der Waals surface area contributed by atoms with Gasteiger partial charge in [0.2, 0.25) is 10.0 Å². The molecular weight excluding hydrogens is 300 g/mol. The van der Waals surface area contributed by atoms with Gasteiger partial charge in [0.25, 0.3) is 0 Å². The Labute approximate surface area is 123 Å². The highest BCUT2D eigenvalue weighted by Crippen LogP contribution is 2.25. The third-order valence-corrected chi connectivity index (χ3v) is 6.01. The topological polar surface area (TPSA) is 72.2 Å². The highest BCUT2D eigenvalue weighted by atomic mass is 32.2. The molecule has 2 rings (SSSR count).